The molecule has 1 rings (SSSR count). The molecule has 0 aliphatic carbocycles. The van der Waals surface area contributed by atoms with E-state index in [-0.39, 0.29) is 5.78 Å². The molecule has 18 heavy (non-hydrogen) atoms. The Morgan fingerprint density at radius 3 is 2.06 bits per heavy atom. The molecule has 0 amide bonds. The predicted octanol–water partition coefficient (Wildman–Crippen LogP) is 4.28. The maximum absolute atomic E-state index is 11.8. The van der Waals surface area contributed by atoms with Gasteiger partial charge in [0.2, 0.25) is 0 Å². The van der Waals surface area contributed by atoms with E-state index < -0.39 is 5.41 Å². The number of nitrogens with zero attached hydrogens (tertiary/aromatic N) is 1. The lowest BCUT2D eigenvalue weighted by Crippen LogP contribution is -2.27. The smallest absolute Gasteiger partial charge is 0.139 e. The molecule has 0 aliphatic rings. The van der Waals surface area contributed by atoms with Gasteiger partial charge >= 0.3 is 0 Å². The molecule has 0 radical (unpaired) electrons. The van der Waals surface area contributed by atoms with Crippen LogP contribution in [0.25, 0.3) is 0 Å². The van der Waals surface area contributed by atoms with Crippen LogP contribution < -0.4 is 0 Å². The molecule has 0 bridgehead atoms. The number of aryl methyl sites for hydroxylation is 2. The van der Waals surface area contributed by atoms with Crippen LogP contribution in [0, 0.1) is 13.8 Å². The summed E-state index contributed by atoms with van der Waals surface area (Å²) in [6.07, 6.45) is 0. The molecule has 0 atom stereocenters. The van der Waals surface area contributed by atoms with E-state index in [0.29, 0.717) is 0 Å². The molecule has 0 saturated carbocycles. The third kappa shape index (κ3) is 2.87. The first kappa shape index (κ1) is 14.6. The second kappa shape index (κ2) is 5.05. The number of hydrogen-bond acceptors (Lipinski definition) is 2. The van der Waals surface area contributed by atoms with E-state index in [1.807, 2.05) is 41.5 Å². The molecule has 0 unspecified atom stereocenters. The van der Waals surface area contributed by atoms with Crippen LogP contribution in [0.15, 0.2) is 17.1 Å². The number of benzene rings is 1. The molecule has 1 aromatic rings. The fourth-order valence-corrected chi connectivity index (χ4v) is 2.03. The molecule has 0 aromatic heterocycles. The molecule has 1 aromatic carbocycles. The number of Topliss-reactive ketones (excluding diaryl/α,β-unsaturated/α-hetero) is 1. The molecule has 0 aliphatic heterocycles. The molecule has 0 N–H and O–H groups in total. The summed E-state index contributed by atoms with van der Waals surface area (Å²) in [6.45, 7) is 13.7. The average Bonchev–Trinajstić information content (AvgIpc) is 2.21. The number of carbonyl (C=O) groups excluding carboxylic acids is 1. The first-order chi connectivity index (χ1) is 8.16. The van der Waals surface area contributed by atoms with Crippen molar-refractivity contribution in [1.82, 2.24) is 0 Å². The van der Waals surface area contributed by atoms with Crippen LogP contribution in [0.2, 0.25) is 0 Å². The van der Waals surface area contributed by atoms with Crippen LogP contribution in [-0.4, -0.2) is 11.5 Å². The van der Waals surface area contributed by atoms with Crippen LogP contribution in [-0.2, 0) is 10.2 Å². The Hall–Kier alpha value is -1.44. The normalized spacial score (nSPS) is 11.3. The second-order valence-corrected chi connectivity index (χ2v) is 5.69. The fraction of sp³-hybridized carbons (Fsp3) is 0.500. The van der Waals surface area contributed by atoms with Crippen LogP contribution in [0.1, 0.15) is 51.3 Å². The van der Waals surface area contributed by atoms with E-state index in [2.05, 4.69) is 17.1 Å². The monoisotopic (exact) mass is 245 g/mol. The highest BCUT2D eigenvalue weighted by Gasteiger charge is 2.28. The van der Waals surface area contributed by atoms with Gasteiger partial charge in [-0.15, -0.1) is 0 Å². The van der Waals surface area contributed by atoms with Crippen molar-refractivity contribution >= 4 is 17.2 Å². The summed E-state index contributed by atoms with van der Waals surface area (Å²) in [4.78, 5) is 16.3. The number of aliphatic imine (C=N–C) groups is 1. The largest absolute Gasteiger partial charge is 0.299 e. The molecule has 2 heteroatoms. The van der Waals surface area contributed by atoms with Crippen LogP contribution in [0.5, 0.6) is 0 Å². The Labute approximate surface area is 110 Å². The zero-order valence-electron chi connectivity index (χ0n) is 12.5. The van der Waals surface area contributed by atoms with E-state index in [9.17, 15) is 4.79 Å². The van der Waals surface area contributed by atoms with Crippen molar-refractivity contribution in [3.63, 3.8) is 0 Å². The van der Waals surface area contributed by atoms with Crippen molar-refractivity contribution in [2.45, 2.75) is 53.9 Å². The molecule has 0 heterocycles. The maximum atomic E-state index is 11.8. The summed E-state index contributed by atoms with van der Waals surface area (Å²) in [6, 6.07) is 4.17. The first-order valence-electron chi connectivity index (χ1n) is 6.31. The third-order valence-corrected chi connectivity index (χ3v) is 3.44. The summed E-state index contributed by atoms with van der Waals surface area (Å²) < 4.78 is 0. The summed E-state index contributed by atoms with van der Waals surface area (Å²) in [5, 5.41) is 0. The minimum atomic E-state index is -0.432. The van der Waals surface area contributed by atoms with Crippen molar-refractivity contribution in [1.29, 1.82) is 0 Å². The van der Waals surface area contributed by atoms with Gasteiger partial charge in [-0.05, 0) is 71.2 Å². The third-order valence-electron chi connectivity index (χ3n) is 3.44. The Morgan fingerprint density at radius 1 is 1.06 bits per heavy atom. The molecule has 0 spiro atoms. The van der Waals surface area contributed by atoms with Gasteiger partial charge in [0.05, 0.1) is 5.69 Å². The van der Waals surface area contributed by atoms with Crippen molar-refractivity contribution in [2.24, 2.45) is 4.99 Å². The van der Waals surface area contributed by atoms with Gasteiger partial charge in [0.15, 0.2) is 0 Å². The van der Waals surface area contributed by atoms with Crippen LogP contribution >= 0.6 is 0 Å². The predicted molar refractivity (Wildman–Crippen MR) is 78.1 cm³/mol. The quantitative estimate of drug-likeness (QED) is 0.731. The average molecular weight is 245 g/mol. The lowest BCUT2D eigenvalue weighted by molar-refractivity contribution is -0.121. The summed E-state index contributed by atoms with van der Waals surface area (Å²) >= 11 is 0. The highest BCUT2D eigenvalue weighted by molar-refractivity contribution is 5.88. The molecule has 0 saturated heterocycles. The second-order valence-electron chi connectivity index (χ2n) is 5.69. The lowest BCUT2D eigenvalue weighted by Gasteiger charge is -2.25. The Balaban J connectivity index is 3.41. The lowest BCUT2D eigenvalue weighted by atomic mass is 9.78. The summed E-state index contributed by atoms with van der Waals surface area (Å²) in [5.74, 6) is 0.188. The topological polar surface area (TPSA) is 29.4 Å². The fourth-order valence-electron chi connectivity index (χ4n) is 2.03. The van der Waals surface area contributed by atoms with Crippen molar-refractivity contribution in [3.8, 4) is 0 Å². The van der Waals surface area contributed by atoms with Crippen molar-refractivity contribution in [2.75, 3.05) is 0 Å². The Kier molecular flexibility index (Phi) is 4.10. The molecule has 0 fully saturated rings. The zero-order chi connectivity index (χ0) is 14.1. The standard InChI is InChI=1S/C16H23NO/c1-10(2)17-15-9-11(3)14(8-12(15)4)16(6,7)13(5)18/h8-9H,1-7H3. The summed E-state index contributed by atoms with van der Waals surface area (Å²) in [5.41, 5.74) is 4.94. The molecule has 98 valence electrons. The van der Waals surface area contributed by atoms with Crippen LogP contribution in [0.3, 0.4) is 0 Å². The van der Waals surface area contributed by atoms with E-state index in [4.69, 9.17) is 0 Å². The number of hydrogen-bond donors (Lipinski definition) is 0. The zero-order valence-corrected chi connectivity index (χ0v) is 12.5. The van der Waals surface area contributed by atoms with Gasteiger partial charge in [0.25, 0.3) is 0 Å². The maximum Gasteiger partial charge on any atom is 0.139 e. The first-order valence-corrected chi connectivity index (χ1v) is 6.31. The molecule has 2 nitrogen and oxygen atoms in total. The van der Waals surface area contributed by atoms with Crippen molar-refractivity contribution < 1.29 is 4.79 Å². The van der Waals surface area contributed by atoms with E-state index in [1.54, 1.807) is 6.92 Å². The Morgan fingerprint density at radius 2 is 1.61 bits per heavy atom. The van der Waals surface area contributed by atoms with Gasteiger partial charge in [-0.2, -0.15) is 0 Å². The van der Waals surface area contributed by atoms with Gasteiger partial charge < -0.3 is 0 Å². The van der Waals surface area contributed by atoms with Gasteiger partial charge in [-0.1, -0.05) is 6.07 Å². The Bertz CT molecular complexity index is 506. The SMILES string of the molecule is CC(=O)C(C)(C)c1cc(C)c(N=C(C)C)cc1C. The van der Waals surface area contributed by atoms with E-state index >= 15 is 0 Å². The van der Waals surface area contributed by atoms with Gasteiger partial charge in [0, 0.05) is 11.1 Å². The van der Waals surface area contributed by atoms with E-state index in [0.717, 1.165) is 28.1 Å². The van der Waals surface area contributed by atoms with Gasteiger partial charge in [-0.25, -0.2) is 0 Å². The molecular weight excluding hydrogens is 222 g/mol. The highest BCUT2D eigenvalue weighted by Crippen LogP contribution is 2.32. The number of ketones is 1. The van der Waals surface area contributed by atoms with Gasteiger partial charge in [-0.3, -0.25) is 9.79 Å². The van der Waals surface area contributed by atoms with Gasteiger partial charge in [0.1, 0.15) is 5.78 Å². The van der Waals surface area contributed by atoms with Crippen LogP contribution in [0.4, 0.5) is 5.69 Å². The van der Waals surface area contributed by atoms with E-state index in [1.165, 1.54) is 0 Å². The molecular formula is C16H23NO. The highest BCUT2D eigenvalue weighted by atomic mass is 16.1. The minimum Gasteiger partial charge on any atom is -0.299 e. The number of rotatable bonds is 3. The summed E-state index contributed by atoms with van der Waals surface area (Å²) in [7, 11) is 0. The minimum absolute atomic E-state index is 0.188. The number of carbonyl (C=O) groups is 1. The van der Waals surface area contributed by atoms with Crippen molar-refractivity contribution in [3.05, 3.63) is 28.8 Å².